The second kappa shape index (κ2) is 6.22. The first-order valence-electron chi connectivity index (χ1n) is 5.72. The summed E-state index contributed by atoms with van der Waals surface area (Å²) in [6.45, 7) is 0. The standard InChI is InChI=1S/C15H12BrClO2/c1-19-15-5-3-2-4-11(15)9-14(18)10-6-7-12(16)13(17)8-10/h2-8H,9H2,1H3. The van der Waals surface area contributed by atoms with E-state index >= 15 is 0 Å². The van der Waals surface area contributed by atoms with E-state index in [9.17, 15) is 4.79 Å². The van der Waals surface area contributed by atoms with Crippen LogP contribution in [0.5, 0.6) is 5.75 Å². The molecular weight excluding hydrogens is 328 g/mol. The number of halogens is 2. The van der Waals surface area contributed by atoms with Gasteiger partial charge in [-0.15, -0.1) is 0 Å². The summed E-state index contributed by atoms with van der Waals surface area (Å²) in [6.07, 6.45) is 0.294. The van der Waals surface area contributed by atoms with E-state index in [-0.39, 0.29) is 5.78 Å². The predicted molar refractivity (Wildman–Crippen MR) is 80.2 cm³/mol. The fraction of sp³-hybridized carbons (Fsp3) is 0.133. The Kier molecular flexibility index (Phi) is 4.61. The topological polar surface area (TPSA) is 26.3 Å². The molecule has 2 nitrogen and oxygen atoms in total. The van der Waals surface area contributed by atoms with Crippen molar-refractivity contribution in [2.75, 3.05) is 7.11 Å². The van der Waals surface area contributed by atoms with Crippen molar-refractivity contribution in [3.8, 4) is 5.75 Å². The highest BCUT2D eigenvalue weighted by Gasteiger charge is 2.11. The Labute approximate surface area is 125 Å². The maximum atomic E-state index is 12.2. The lowest BCUT2D eigenvalue weighted by molar-refractivity contribution is 0.0992. The van der Waals surface area contributed by atoms with Gasteiger partial charge in [0.15, 0.2) is 5.78 Å². The van der Waals surface area contributed by atoms with Crippen LogP contribution in [0.3, 0.4) is 0 Å². The van der Waals surface area contributed by atoms with Gasteiger partial charge in [-0.05, 0) is 34.1 Å². The van der Waals surface area contributed by atoms with Crippen LogP contribution in [0, 0.1) is 0 Å². The minimum atomic E-state index is 0.0129. The number of rotatable bonds is 4. The molecule has 0 aliphatic heterocycles. The molecular formula is C15H12BrClO2. The van der Waals surface area contributed by atoms with E-state index < -0.39 is 0 Å². The van der Waals surface area contributed by atoms with Crippen molar-refractivity contribution in [1.82, 2.24) is 0 Å². The van der Waals surface area contributed by atoms with Crippen molar-refractivity contribution in [1.29, 1.82) is 0 Å². The molecule has 2 rings (SSSR count). The fourth-order valence-electron chi connectivity index (χ4n) is 1.79. The van der Waals surface area contributed by atoms with Crippen molar-refractivity contribution >= 4 is 33.3 Å². The molecule has 98 valence electrons. The van der Waals surface area contributed by atoms with Crippen LogP contribution < -0.4 is 4.74 Å². The summed E-state index contributed by atoms with van der Waals surface area (Å²) in [5.41, 5.74) is 1.47. The molecule has 0 amide bonds. The van der Waals surface area contributed by atoms with Crippen LogP contribution in [-0.2, 0) is 6.42 Å². The average molecular weight is 340 g/mol. The van der Waals surface area contributed by atoms with Crippen molar-refractivity contribution in [3.63, 3.8) is 0 Å². The number of ether oxygens (including phenoxy) is 1. The highest BCUT2D eigenvalue weighted by molar-refractivity contribution is 9.10. The van der Waals surface area contributed by atoms with Gasteiger partial charge in [-0.3, -0.25) is 4.79 Å². The molecule has 0 fully saturated rings. The number of methoxy groups -OCH3 is 1. The van der Waals surface area contributed by atoms with Gasteiger partial charge >= 0.3 is 0 Å². The fourth-order valence-corrected chi connectivity index (χ4v) is 2.22. The summed E-state index contributed by atoms with van der Waals surface area (Å²) < 4.78 is 6.02. The Bertz CT molecular complexity index is 611. The maximum absolute atomic E-state index is 12.2. The maximum Gasteiger partial charge on any atom is 0.167 e. The van der Waals surface area contributed by atoms with Crippen LogP contribution in [0.2, 0.25) is 5.02 Å². The number of hydrogen-bond acceptors (Lipinski definition) is 2. The molecule has 0 aliphatic rings. The summed E-state index contributed by atoms with van der Waals surface area (Å²) in [5.74, 6) is 0.734. The zero-order valence-corrected chi connectivity index (χ0v) is 12.7. The number of para-hydroxylation sites is 1. The van der Waals surface area contributed by atoms with Gasteiger partial charge in [0.05, 0.1) is 12.1 Å². The molecule has 4 heteroatoms. The first-order valence-corrected chi connectivity index (χ1v) is 6.89. The molecule has 0 radical (unpaired) electrons. The minimum Gasteiger partial charge on any atom is -0.496 e. The summed E-state index contributed by atoms with van der Waals surface area (Å²) in [5, 5.41) is 0.533. The molecule has 0 heterocycles. The molecule has 2 aromatic rings. The first-order chi connectivity index (χ1) is 9.11. The normalized spacial score (nSPS) is 10.3. The molecule has 0 saturated carbocycles. The van der Waals surface area contributed by atoms with Crippen LogP contribution in [0.25, 0.3) is 0 Å². The second-order valence-corrected chi connectivity index (χ2v) is 5.30. The molecule has 0 aromatic heterocycles. The van der Waals surface area contributed by atoms with Crippen LogP contribution in [0.1, 0.15) is 15.9 Å². The number of ketones is 1. The van der Waals surface area contributed by atoms with Crippen LogP contribution in [0.4, 0.5) is 0 Å². The smallest absolute Gasteiger partial charge is 0.167 e. The minimum absolute atomic E-state index is 0.0129. The van der Waals surface area contributed by atoms with Gasteiger partial charge in [-0.2, -0.15) is 0 Å². The molecule has 0 N–H and O–H groups in total. The van der Waals surface area contributed by atoms with Crippen LogP contribution in [0.15, 0.2) is 46.9 Å². The van der Waals surface area contributed by atoms with E-state index in [0.717, 1.165) is 15.8 Å². The van der Waals surface area contributed by atoms with E-state index in [1.165, 1.54) is 0 Å². The number of hydrogen-bond donors (Lipinski definition) is 0. The third-order valence-electron chi connectivity index (χ3n) is 2.79. The number of benzene rings is 2. The lowest BCUT2D eigenvalue weighted by atomic mass is 10.0. The summed E-state index contributed by atoms with van der Waals surface area (Å²) in [7, 11) is 1.60. The molecule has 0 aliphatic carbocycles. The lowest BCUT2D eigenvalue weighted by Crippen LogP contribution is -2.05. The van der Waals surface area contributed by atoms with Gasteiger partial charge in [-0.1, -0.05) is 35.9 Å². The average Bonchev–Trinajstić information content (AvgIpc) is 2.42. The molecule has 2 aromatic carbocycles. The predicted octanol–water partition coefficient (Wildman–Crippen LogP) is 4.54. The summed E-state index contributed by atoms with van der Waals surface area (Å²) in [4.78, 5) is 12.2. The Morgan fingerprint density at radius 2 is 2.00 bits per heavy atom. The van der Waals surface area contributed by atoms with Gasteiger partial charge in [0.2, 0.25) is 0 Å². The van der Waals surface area contributed by atoms with Crippen molar-refractivity contribution in [2.24, 2.45) is 0 Å². The zero-order chi connectivity index (χ0) is 13.8. The molecule has 0 atom stereocenters. The molecule has 19 heavy (non-hydrogen) atoms. The van der Waals surface area contributed by atoms with E-state index in [0.29, 0.717) is 17.0 Å². The molecule has 0 saturated heterocycles. The Morgan fingerprint density at radius 3 is 2.68 bits per heavy atom. The van der Waals surface area contributed by atoms with E-state index in [2.05, 4.69) is 15.9 Å². The third kappa shape index (κ3) is 3.37. The van der Waals surface area contributed by atoms with Crippen molar-refractivity contribution in [3.05, 3.63) is 63.1 Å². The monoisotopic (exact) mass is 338 g/mol. The quantitative estimate of drug-likeness (QED) is 0.765. The van der Waals surface area contributed by atoms with Gasteiger partial charge in [0.1, 0.15) is 5.75 Å². The van der Waals surface area contributed by atoms with Gasteiger partial charge < -0.3 is 4.74 Å². The first kappa shape index (κ1) is 14.1. The SMILES string of the molecule is COc1ccccc1CC(=O)c1ccc(Br)c(Cl)c1. The largest absolute Gasteiger partial charge is 0.496 e. The van der Waals surface area contributed by atoms with Gasteiger partial charge in [0.25, 0.3) is 0 Å². The van der Waals surface area contributed by atoms with Crippen LogP contribution >= 0.6 is 27.5 Å². The highest BCUT2D eigenvalue weighted by atomic mass is 79.9. The molecule has 0 spiro atoms. The van der Waals surface area contributed by atoms with Gasteiger partial charge in [-0.25, -0.2) is 0 Å². The zero-order valence-electron chi connectivity index (χ0n) is 10.3. The number of Topliss-reactive ketones (excluding diaryl/α,β-unsaturated/α-hetero) is 1. The van der Waals surface area contributed by atoms with E-state index in [1.54, 1.807) is 25.3 Å². The Morgan fingerprint density at radius 1 is 1.26 bits per heavy atom. The Balaban J connectivity index is 2.23. The van der Waals surface area contributed by atoms with Crippen LogP contribution in [-0.4, -0.2) is 12.9 Å². The number of carbonyl (C=O) groups excluding carboxylic acids is 1. The lowest BCUT2D eigenvalue weighted by Gasteiger charge is -2.08. The Hall–Kier alpha value is -1.32. The van der Waals surface area contributed by atoms with Crippen molar-refractivity contribution < 1.29 is 9.53 Å². The summed E-state index contributed by atoms with van der Waals surface area (Å²) in [6, 6.07) is 12.7. The number of carbonyl (C=O) groups is 1. The van der Waals surface area contributed by atoms with Gasteiger partial charge in [0, 0.05) is 22.0 Å². The van der Waals surface area contributed by atoms with Crippen molar-refractivity contribution in [2.45, 2.75) is 6.42 Å². The molecule has 0 bridgehead atoms. The highest BCUT2D eigenvalue weighted by Crippen LogP contribution is 2.25. The second-order valence-electron chi connectivity index (χ2n) is 4.04. The van der Waals surface area contributed by atoms with E-state index in [1.807, 2.05) is 24.3 Å². The van der Waals surface area contributed by atoms with E-state index in [4.69, 9.17) is 16.3 Å². The summed E-state index contributed by atoms with van der Waals surface area (Å²) >= 11 is 9.30. The third-order valence-corrected chi connectivity index (χ3v) is 4.02. The molecule has 0 unspecified atom stereocenters.